The molecule has 4 aliphatic rings. The summed E-state index contributed by atoms with van der Waals surface area (Å²) in [6, 6.07) is 142. The van der Waals surface area contributed by atoms with Crippen LogP contribution in [0.3, 0.4) is 0 Å². The zero-order chi connectivity index (χ0) is 73.8. The monoisotopic (exact) mass is 1430 g/mol. The van der Waals surface area contributed by atoms with Crippen LogP contribution in [0.15, 0.2) is 376 Å². The molecule has 0 saturated carbocycles. The lowest BCUT2D eigenvalue weighted by atomic mass is 9.68. The van der Waals surface area contributed by atoms with Gasteiger partial charge in [0.05, 0.1) is 32.9 Å². The largest absolute Gasteiger partial charge is 0.324 e. The average Bonchev–Trinajstić information content (AvgIpc) is 1.49. The Morgan fingerprint density at radius 3 is 1.26 bits per heavy atom. The summed E-state index contributed by atoms with van der Waals surface area (Å²) >= 11 is 0. The van der Waals surface area contributed by atoms with Gasteiger partial charge in [-0.2, -0.15) is 0 Å². The van der Waals surface area contributed by atoms with Gasteiger partial charge in [-0.15, -0.1) is 0 Å². The molecular formula is C109H68N4. The zero-order valence-electron chi connectivity index (χ0n) is 61.7. The molecule has 25 rings (SSSR count). The first-order valence-electron chi connectivity index (χ1n) is 39.7. The predicted molar refractivity (Wildman–Crippen MR) is 469 cm³/mol. The maximum absolute atomic E-state index is 5.54. The van der Waals surface area contributed by atoms with Crippen molar-refractivity contribution in [1.82, 2.24) is 19.1 Å². The fraction of sp³-hybridized carbons (Fsp3) is 0.0459. The van der Waals surface area contributed by atoms with Gasteiger partial charge in [0.2, 0.25) is 0 Å². The Kier molecular flexibility index (Phi) is 13.1. The van der Waals surface area contributed by atoms with E-state index in [2.05, 4.69) is 385 Å². The van der Waals surface area contributed by atoms with E-state index < -0.39 is 10.8 Å². The normalized spacial score (nSPS) is 13.6. The highest BCUT2D eigenvalue weighted by Gasteiger charge is 2.56. The topological polar surface area (TPSA) is 35.6 Å². The zero-order valence-corrected chi connectivity index (χ0v) is 61.7. The second kappa shape index (κ2) is 23.6. The van der Waals surface area contributed by atoms with Crippen molar-refractivity contribution in [1.29, 1.82) is 0 Å². The molecule has 0 saturated heterocycles. The van der Waals surface area contributed by atoms with Gasteiger partial charge in [-0.25, -0.2) is 9.97 Å². The molecule has 0 amide bonds. The summed E-state index contributed by atoms with van der Waals surface area (Å²) < 4.78 is 4.79. The lowest BCUT2D eigenvalue weighted by Gasteiger charge is -2.33. The van der Waals surface area contributed by atoms with Crippen LogP contribution in [0.1, 0.15) is 56.5 Å². The highest BCUT2D eigenvalue weighted by Crippen LogP contribution is 2.69. The standard InChI is InChI=1S/C109H68N4/c1-2-32-75(33-3-1)113-98-52-21-19-50-96(98)111-107(113)74-30-23-28-68(65-74)70-54-58-77-72(63-70)56-60-90-101-86-42-8-7-41-85(86)99-66(26-24-44-88(99)105(101)109(103(77)90)93-47-16-12-38-82(93)83-39-13-17-48-94(83)109)31-25-61-112-97-51-20-18-49-95(97)110-106(112)73-29-22-27-67(64-73)69-53-57-76-71(62-69)55-59-89-100-84-40-6-4-34-78(84)79-35-5-9-43-87(79)104(100)108(102(76)89)91-45-14-10-36-80(91)81-37-11-15-46-92(81)108/h1-24,26-30,32-60,62-65H,25,31,61H2. The third-order valence-electron chi connectivity index (χ3n) is 26.0. The number of fused-ring (bicyclic) bond motifs is 36. The summed E-state index contributed by atoms with van der Waals surface area (Å²) in [5, 5.41) is 15.4. The number of imidazole rings is 2. The molecular weight excluding hydrogens is 1370 g/mol. The molecule has 4 heteroatoms. The third-order valence-corrected chi connectivity index (χ3v) is 26.0. The Morgan fingerprint density at radius 2 is 0.673 bits per heavy atom. The maximum atomic E-state index is 5.54. The van der Waals surface area contributed by atoms with E-state index in [1.807, 2.05) is 0 Å². The summed E-state index contributed by atoms with van der Waals surface area (Å²) in [7, 11) is 0. The van der Waals surface area contributed by atoms with Crippen molar-refractivity contribution >= 4 is 86.7 Å². The van der Waals surface area contributed by atoms with Crippen LogP contribution in [0.5, 0.6) is 0 Å². The van der Waals surface area contributed by atoms with Gasteiger partial charge >= 0.3 is 0 Å². The smallest absolute Gasteiger partial charge is 0.145 e. The van der Waals surface area contributed by atoms with Crippen molar-refractivity contribution in [3.63, 3.8) is 0 Å². The van der Waals surface area contributed by atoms with Crippen molar-refractivity contribution in [2.75, 3.05) is 0 Å². The minimum Gasteiger partial charge on any atom is -0.324 e. The molecule has 0 atom stereocenters. The van der Waals surface area contributed by atoms with Gasteiger partial charge in [0.1, 0.15) is 11.6 Å². The van der Waals surface area contributed by atoms with E-state index in [9.17, 15) is 0 Å². The third kappa shape index (κ3) is 8.48. The van der Waals surface area contributed by atoms with Crippen LogP contribution >= 0.6 is 0 Å². The summed E-state index contributed by atoms with van der Waals surface area (Å²) in [4.78, 5) is 10.8. The molecule has 19 aromatic carbocycles. The molecule has 113 heavy (non-hydrogen) atoms. The van der Waals surface area contributed by atoms with Crippen LogP contribution in [0.4, 0.5) is 0 Å². The van der Waals surface area contributed by atoms with Crippen molar-refractivity contribution in [3.05, 3.63) is 426 Å². The minimum absolute atomic E-state index is 0.541. The number of benzene rings is 19. The second-order valence-corrected chi connectivity index (χ2v) is 31.4. The average molecular weight is 1430 g/mol. The molecule has 0 bridgehead atoms. The fourth-order valence-electron chi connectivity index (χ4n) is 21.7. The summed E-state index contributed by atoms with van der Waals surface area (Å²) in [6.07, 6.45) is 1.77. The van der Waals surface area contributed by atoms with Crippen LogP contribution in [0.25, 0.3) is 182 Å². The summed E-state index contributed by atoms with van der Waals surface area (Å²) in [5.41, 5.74) is 33.7. The van der Waals surface area contributed by atoms with Gasteiger partial charge in [0.25, 0.3) is 0 Å². The molecule has 0 fully saturated rings. The summed E-state index contributed by atoms with van der Waals surface area (Å²) in [5.74, 6) is 1.91. The number of rotatable bonds is 9. The Hall–Kier alpha value is -14.3. The Balaban J connectivity index is 0.595. The second-order valence-electron chi connectivity index (χ2n) is 31.4. The SMILES string of the molecule is c1ccc(-n2c(-c3cccc(-c4ccc5c6c(ccc5c4)-c4c(c5cccc(CCCn7c(-c8cccc(-c9ccc%10c%11c(ccc%10c9)-c9c(c%10ccccc%10c%10ccccc9%10)C%119c%10ccccc%10-c%10ccccc%109)c8)nc8ccccc87)c5c5ccccc45)C64c5ccccc5-c5ccccc54)c3)nc3ccccc32)cc1. The Labute approximate surface area is 653 Å². The highest BCUT2D eigenvalue weighted by molar-refractivity contribution is 6.24. The first-order chi connectivity index (χ1) is 56.1. The number of hydrogen-bond acceptors (Lipinski definition) is 2. The molecule has 2 spiro atoms. The lowest BCUT2D eigenvalue weighted by Crippen LogP contribution is -2.26. The molecule has 0 N–H and O–H groups in total. The molecule has 2 aromatic heterocycles. The van der Waals surface area contributed by atoms with E-state index in [-0.39, 0.29) is 0 Å². The van der Waals surface area contributed by atoms with Crippen LogP contribution in [-0.2, 0) is 23.8 Å². The lowest BCUT2D eigenvalue weighted by molar-refractivity contribution is 0.664. The number of nitrogens with zero attached hydrogens (tertiary/aromatic N) is 4. The highest BCUT2D eigenvalue weighted by atomic mass is 15.1. The van der Waals surface area contributed by atoms with Crippen LogP contribution in [0, 0.1) is 0 Å². The van der Waals surface area contributed by atoms with E-state index in [0.717, 1.165) is 81.0 Å². The number of hydrogen-bond donors (Lipinski definition) is 0. The van der Waals surface area contributed by atoms with Crippen LogP contribution in [-0.4, -0.2) is 19.1 Å². The van der Waals surface area contributed by atoms with E-state index in [1.165, 1.54) is 170 Å². The Bertz CT molecular complexity index is 7650. The molecule has 2 heterocycles. The van der Waals surface area contributed by atoms with E-state index in [0.29, 0.717) is 0 Å². The summed E-state index contributed by atoms with van der Waals surface area (Å²) in [6.45, 7) is 0.783. The van der Waals surface area contributed by atoms with Crippen molar-refractivity contribution < 1.29 is 0 Å². The van der Waals surface area contributed by atoms with Gasteiger partial charge in [-0.1, -0.05) is 315 Å². The van der Waals surface area contributed by atoms with E-state index in [1.54, 1.807) is 0 Å². The van der Waals surface area contributed by atoms with Gasteiger partial charge in [-0.05, 0) is 255 Å². The van der Waals surface area contributed by atoms with Gasteiger partial charge < -0.3 is 4.57 Å². The first kappa shape index (κ1) is 62.6. The van der Waals surface area contributed by atoms with Crippen LogP contribution < -0.4 is 0 Å². The van der Waals surface area contributed by atoms with E-state index >= 15 is 0 Å². The van der Waals surface area contributed by atoms with Crippen LogP contribution in [0.2, 0.25) is 0 Å². The Morgan fingerprint density at radius 1 is 0.257 bits per heavy atom. The van der Waals surface area contributed by atoms with E-state index in [4.69, 9.17) is 9.97 Å². The molecule has 4 aliphatic carbocycles. The molecule has 0 radical (unpaired) electrons. The minimum atomic E-state index is -0.627. The number of aryl methyl sites for hydroxylation is 2. The van der Waals surface area contributed by atoms with Gasteiger partial charge in [-0.3, -0.25) is 4.57 Å². The van der Waals surface area contributed by atoms with Crippen molar-refractivity contribution in [3.8, 4) is 95.2 Å². The predicted octanol–water partition coefficient (Wildman–Crippen LogP) is 27.3. The number of aromatic nitrogens is 4. The molecule has 0 aliphatic heterocycles. The van der Waals surface area contributed by atoms with Gasteiger partial charge in [0, 0.05) is 23.4 Å². The molecule has 524 valence electrons. The maximum Gasteiger partial charge on any atom is 0.145 e. The molecule has 0 unspecified atom stereocenters. The molecule has 21 aromatic rings. The van der Waals surface area contributed by atoms with Gasteiger partial charge in [0.15, 0.2) is 0 Å². The van der Waals surface area contributed by atoms with Crippen molar-refractivity contribution in [2.45, 2.75) is 30.2 Å². The number of para-hydroxylation sites is 5. The van der Waals surface area contributed by atoms with Crippen molar-refractivity contribution in [2.24, 2.45) is 0 Å². The first-order valence-corrected chi connectivity index (χ1v) is 39.7. The molecule has 4 nitrogen and oxygen atoms in total. The quantitative estimate of drug-likeness (QED) is 0.135. The fourth-order valence-corrected chi connectivity index (χ4v) is 21.7.